The van der Waals surface area contributed by atoms with Crippen molar-refractivity contribution in [1.29, 1.82) is 0 Å². The molecule has 0 spiro atoms. The first-order chi connectivity index (χ1) is 9.29. The van der Waals surface area contributed by atoms with Crippen molar-refractivity contribution in [3.05, 3.63) is 48.3 Å². The lowest BCUT2D eigenvalue weighted by Crippen LogP contribution is -2.11. The molecule has 0 amide bonds. The van der Waals surface area contributed by atoms with E-state index in [2.05, 4.69) is 21.5 Å². The van der Waals surface area contributed by atoms with Crippen molar-refractivity contribution in [2.45, 2.75) is 25.3 Å². The van der Waals surface area contributed by atoms with Crippen molar-refractivity contribution < 1.29 is 4.42 Å². The Balaban J connectivity index is 2.02. The van der Waals surface area contributed by atoms with Crippen molar-refractivity contribution >= 4 is 22.8 Å². The number of hydrogen-bond acceptors (Lipinski definition) is 3. The monoisotopic (exact) mass is 275 g/mol. The smallest absolute Gasteiger partial charge is 0.160 e. The molecule has 0 aliphatic heterocycles. The van der Waals surface area contributed by atoms with Gasteiger partial charge in [0.05, 0.1) is 12.1 Å². The van der Waals surface area contributed by atoms with E-state index in [1.165, 1.54) is 0 Å². The zero-order valence-corrected chi connectivity index (χ0v) is 11.3. The van der Waals surface area contributed by atoms with E-state index in [0.29, 0.717) is 5.88 Å². The quantitative estimate of drug-likeness (QED) is 0.684. The van der Waals surface area contributed by atoms with Gasteiger partial charge in [-0.1, -0.05) is 0 Å². The lowest BCUT2D eigenvalue weighted by molar-refractivity contribution is 0.448. The maximum atomic E-state index is 5.99. The summed E-state index contributed by atoms with van der Waals surface area (Å²) in [6.45, 7) is 2.12. The number of furan rings is 1. The Morgan fingerprint density at radius 1 is 1.37 bits per heavy atom. The second kappa shape index (κ2) is 5.05. The Hall–Kier alpha value is -1.81. The van der Waals surface area contributed by atoms with E-state index in [0.717, 1.165) is 29.2 Å². The summed E-state index contributed by atoms with van der Waals surface area (Å²) in [6, 6.07) is 7.90. The fourth-order valence-corrected chi connectivity index (χ4v) is 2.53. The molecular weight excluding hydrogens is 262 g/mol. The molecule has 0 saturated heterocycles. The van der Waals surface area contributed by atoms with Crippen molar-refractivity contribution in [2.75, 3.05) is 0 Å². The molecule has 0 aromatic carbocycles. The molecule has 98 valence electrons. The van der Waals surface area contributed by atoms with E-state index in [1.807, 2.05) is 24.3 Å². The van der Waals surface area contributed by atoms with Crippen molar-refractivity contribution in [3.8, 4) is 0 Å². The number of aromatic nitrogens is 3. The number of alkyl halides is 1. The third-order valence-corrected chi connectivity index (χ3v) is 3.40. The SMILES string of the molecule is CC(Cc1ccco1)n1c(CCl)nc2cccnc21. The molecule has 4 nitrogen and oxygen atoms in total. The van der Waals surface area contributed by atoms with Gasteiger partial charge in [-0.2, -0.15) is 0 Å². The summed E-state index contributed by atoms with van der Waals surface area (Å²) in [6.07, 6.45) is 4.26. The molecule has 0 N–H and O–H groups in total. The van der Waals surface area contributed by atoms with E-state index < -0.39 is 0 Å². The summed E-state index contributed by atoms with van der Waals surface area (Å²) < 4.78 is 7.49. The first kappa shape index (κ1) is 12.2. The summed E-state index contributed by atoms with van der Waals surface area (Å²) >= 11 is 5.99. The van der Waals surface area contributed by atoms with Crippen LogP contribution in [-0.2, 0) is 12.3 Å². The molecule has 0 radical (unpaired) electrons. The van der Waals surface area contributed by atoms with E-state index in [-0.39, 0.29) is 6.04 Å². The van der Waals surface area contributed by atoms with Gasteiger partial charge in [0.15, 0.2) is 5.65 Å². The highest BCUT2D eigenvalue weighted by Gasteiger charge is 2.17. The lowest BCUT2D eigenvalue weighted by Gasteiger charge is -2.15. The number of nitrogens with zero attached hydrogens (tertiary/aromatic N) is 3. The third-order valence-electron chi connectivity index (χ3n) is 3.16. The Morgan fingerprint density at radius 2 is 2.26 bits per heavy atom. The number of imidazole rings is 1. The van der Waals surface area contributed by atoms with Crippen LogP contribution >= 0.6 is 11.6 Å². The second-order valence-electron chi connectivity index (χ2n) is 4.51. The summed E-state index contributed by atoms with van der Waals surface area (Å²) in [7, 11) is 0. The van der Waals surface area contributed by atoms with Gasteiger partial charge in [0.25, 0.3) is 0 Å². The summed E-state index contributed by atoms with van der Waals surface area (Å²) in [5, 5.41) is 0. The molecule has 0 aliphatic rings. The molecule has 19 heavy (non-hydrogen) atoms. The second-order valence-corrected chi connectivity index (χ2v) is 4.78. The van der Waals surface area contributed by atoms with E-state index in [1.54, 1.807) is 12.5 Å². The van der Waals surface area contributed by atoms with Crippen LogP contribution in [0.25, 0.3) is 11.2 Å². The Bertz CT molecular complexity index is 675. The van der Waals surface area contributed by atoms with Crippen LogP contribution in [-0.4, -0.2) is 14.5 Å². The molecule has 3 aromatic rings. The van der Waals surface area contributed by atoms with Gasteiger partial charge in [-0.05, 0) is 31.2 Å². The van der Waals surface area contributed by atoms with Gasteiger partial charge in [0.2, 0.25) is 0 Å². The molecule has 1 unspecified atom stereocenters. The Labute approximate surface area is 116 Å². The average molecular weight is 276 g/mol. The molecule has 1 atom stereocenters. The van der Waals surface area contributed by atoms with Gasteiger partial charge in [-0.15, -0.1) is 11.6 Å². The van der Waals surface area contributed by atoms with Gasteiger partial charge in [0, 0.05) is 18.7 Å². The van der Waals surface area contributed by atoms with Crippen molar-refractivity contribution in [2.24, 2.45) is 0 Å². The van der Waals surface area contributed by atoms with Crippen LogP contribution in [0.3, 0.4) is 0 Å². The normalized spacial score (nSPS) is 12.9. The standard InChI is InChI=1S/C14H14ClN3O/c1-10(8-11-4-3-7-19-11)18-13(9-15)17-12-5-2-6-16-14(12)18/h2-7,10H,8-9H2,1H3. The molecule has 0 aliphatic carbocycles. The first-order valence-corrected chi connectivity index (χ1v) is 6.73. The third kappa shape index (κ3) is 2.24. The van der Waals surface area contributed by atoms with Crippen LogP contribution in [0.5, 0.6) is 0 Å². The zero-order chi connectivity index (χ0) is 13.2. The van der Waals surface area contributed by atoms with Gasteiger partial charge in [-0.3, -0.25) is 0 Å². The van der Waals surface area contributed by atoms with Crippen LogP contribution < -0.4 is 0 Å². The molecule has 3 heterocycles. The van der Waals surface area contributed by atoms with Gasteiger partial charge in [-0.25, -0.2) is 9.97 Å². The molecular formula is C14H14ClN3O. The number of hydrogen-bond donors (Lipinski definition) is 0. The van der Waals surface area contributed by atoms with Crippen LogP contribution in [0.15, 0.2) is 41.1 Å². The summed E-state index contributed by atoms with van der Waals surface area (Å²) in [5.41, 5.74) is 1.75. The minimum atomic E-state index is 0.194. The maximum Gasteiger partial charge on any atom is 0.160 e. The van der Waals surface area contributed by atoms with Crippen LogP contribution in [0.1, 0.15) is 24.6 Å². The molecule has 5 heteroatoms. The van der Waals surface area contributed by atoms with Gasteiger partial charge in [0.1, 0.15) is 17.1 Å². The Morgan fingerprint density at radius 3 is 3.00 bits per heavy atom. The van der Waals surface area contributed by atoms with E-state index >= 15 is 0 Å². The van der Waals surface area contributed by atoms with E-state index in [4.69, 9.17) is 16.0 Å². The number of fused-ring (bicyclic) bond motifs is 1. The molecule has 0 bridgehead atoms. The van der Waals surface area contributed by atoms with Crippen LogP contribution in [0.4, 0.5) is 0 Å². The van der Waals surface area contributed by atoms with E-state index in [9.17, 15) is 0 Å². The Kier molecular flexibility index (Phi) is 3.25. The zero-order valence-electron chi connectivity index (χ0n) is 10.6. The van der Waals surface area contributed by atoms with Crippen molar-refractivity contribution in [3.63, 3.8) is 0 Å². The number of halogens is 1. The predicted octanol–water partition coefficient (Wildman–Crippen LogP) is 3.57. The van der Waals surface area contributed by atoms with Gasteiger partial charge < -0.3 is 8.98 Å². The summed E-state index contributed by atoms with van der Waals surface area (Å²) in [4.78, 5) is 8.93. The highest BCUT2D eigenvalue weighted by molar-refractivity contribution is 6.16. The minimum absolute atomic E-state index is 0.194. The molecule has 3 rings (SSSR count). The van der Waals surface area contributed by atoms with Crippen LogP contribution in [0, 0.1) is 0 Å². The minimum Gasteiger partial charge on any atom is -0.469 e. The fraction of sp³-hybridized carbons (Fsp3) is 0.286. The van der Waals surface area contributed by atoms with Gasteiger partial charge >= 0.3 is 0 Å². The highest BCUT2D eigenvalue weighted by atomic mass is 35.5. The van der Waals surface area contributed by atoms with Crippen molar-refractivity contribution in [1.82, 2.24) is 14.5 Å². The fourth-order valence-electron chi connectivity index (χ4n) is 2.35. The predicted molar refractivity (Wildman–Crippen MR) is 74.2 cm³/mol. The average Bonchev–Trinajstić information content (AvgIpc) is 3.04. The highest BCUT2D eigenvalue weighted by Crippen LogP contribution is 2.23. The number of rotatable bonds is 4. The topological polar surface area (TPSA) is 43.9 Å². The largest absolute Gasteiger partial charge is 0.469 e. The molecule has 0 fully saturated rings. The lowest BCUT2D eigenvalue weighted by atomic mass is 10.2. The first-order valence-electron chi connectivity index (χ1n) is 6.19. The summed E-state index contributed by atoms with van der Waals surface area (Å²) in [5.74, 6) is 2.17. The van der Waals surface area contributed by atoms with Crippen LogP contribution in [0.2, 0.25) is 0 Å². The number of pyridine rings is 1. The molecule has 3 aromatic heterocycles. The molecule has 0 saturated carbocycles. The maximum absolute atomic E-state index is 5.99.